The number of hydrogen-bond acceptors (Lipinski definition) is 3. The lowest BCUT2D eigenvalue weighted by molar-refractivity contribution is 0.0816. The van der Waals surface area contributed by atoms with Crippen LogP contribution in [0.5, 0.6) is 0 Å². The molecule has 1 rings (SSSR count). The molecule has 0 heterocycles. The van der Waals surface area contributed by atoms with Crippen LogP contribution in [0.25, 0.3) is 0 Å². The summed E-state index contributed by atoms with van der Waals surface area (Å²) >= 11 is 0. The number of aliphatic hydroxyl groups excluding tert-OH is 2. The Hall–Kier alpha value is -0.120. The molecule has 0 unspecified atom stereocenters. The zero-order chi connectivity index (χ0) is 11.5. The highest BCUT2D eigenvalue weighted by molar-refractivity contribution is 4.86. The predicted octanol–water partition coefficient (Wildman–Crippen LogP) is 1.14. The minimum atomic E-state index is -0.620. The van der Waals surface area contributed by atoms with E-state index in [4.69, 9.17) is 5.11 Å². The van der Waals surface area contributed by atoms with Gasteiger partial charge in [-0.25, -0.2) is 0 Å². The van der Waals surface area contributed by atoms with Gasteiger partial charge in [0.1, 0.15) is 0 Å². The predicted molar refractivity (Wildman–Crippen MR) is 61.7 cm³/mol. The maximum Gasteiger partial charge on any atom is 0.0895 e. The summed E-state index contributed by atoms with van der Waals surface area (Å²) in [6, 6.07) is 0.491. The second kappa shape index (κ2) is 5.28. The van der Waals surface area contributed by atoms with Crippen LogP contribution in [0, 0.1) is 11.3 Å². The molecule has 0 aromatic heterocycles. The normalized spacial score (nSPS) is 32.6. The summed E-state index contributed by atoms with van der Waals surface area (Å²) in [6.45, 7) is 7.25. The highest BCUT2D eigenvalue weighted by Gasteiger charge is 2.31. The highest BCUT2D eigenvalue weighted by Crippen LogP contribution is 2.38. The van der Waals surface area contributed by atoms with Crippen LogP contribution in [0.15, 0.2) is 0 Å². The zero-order valence-corrected chi connectivity index (χ0v) is 10.2. The van der Waals surface area contributed by atoms with Gasteiger partial charge in [0.15, 0.2) is 0 Å². The van der Waals surface area contributed by atoms with E-state index in [1.54, 1.807) is 0 Å². The quantitative estimate of drug-likeness (QED) is 0.659. The third-order valence-corrected chi connectivity index (χ3v) is 3.24. The Bertz CT molecular complexity index is 194. The van der Waals surface area contributed by atoms with Crippen LogP contribution >= 0.6 is 0 Å². The molecule has 0 saturated heterocycles. The maximum atomic E-state index is 9.27. The van der Waals surface area contributed by atoms with Crippen LogP contribution in [0.1, 0.15) is 40.0 Å². The summed E-state index contributed by atoms with van der Waals surface area (Å²) in [5.74, 6) is 0.748. The van der Waals surface area contributed by atoms with Crippen molar-refractivity contribution in [2.75, 3.05) is 13.2 Å². The summed E-state index contributed by atoms with van der Waals surface area (Å²) in [5.41, 5.74) is 0.402. The number of aliphatic hydroxyl groups is 2. The average molecular weight is 215 g/mol. The molecule has 3 nitrogen and oxygen atoms in total. The number of hydrogen-bond donors (Lipinski definition) is 3. The summed E-state index contributed by atoms with van der Waals surface area (Å²) in [4.78, 5) is 0. The topological polar surface area (TPSA) is 52.5 Å². The van der Waals surface area contributed by atoms with Gasteiger partial charge in [-0.2, -0.15) is 0 Å². The van der Waals surface area contributed by atoms with E-state index < -0.39 is 6.10 Å². The maximum absolute atomic E-state index is 9.27. The SMILES string of the molecule is C[C@@H]1C[C@H](NC[C@H](O)CO)CC(C)(C)C1. The second-order valence-electron chi connectivity index (χ2n) is 5.85. The van der Waals surface area contributed by atoms with Crippen LogP contribution in [-0.2, 0) is 0 Å². The van der Waals surface area contributed by atoms with Crippen molar-refractivity contribution in [3.8, 4) is 0 Å². The molecule has 0 aliphatic heterocycles. The first kappa shape index (κ1) is 12.9. The van der Waals surface area contributed by atoms with E-state index in [0.29, 0.717) is 18.0 Å². The summed E-state index contributed by atoms with van der Waals surface area (Å²) in [7, 11) is 0. The van der Waals surface area contributed by atoms with Gasteiger partial charge in [-0.3, -0.25) is 0 Å². The van der Waals surface area contributed by atoms with Crippen molar-refractivity contribution in [3.63, 3.8) is 0 Å². The molecule has 3 heteroatoms. The van der Waals surface area contributed by atoms with Gasteiger partial charge in [0, 0.05) is 12.6 Å². The van der Waals surface area contributed by atoms with Gasteiger partial charge in [-0.05, 0) is 30.6 Å². The van der Waals surface area contributed by atoms with E-state index in [9.17, 15) is 5.11 Å². The second-order valence-corrected chi connectivity index (χ2v) is 5.85. The first-order valence-electron chi connectivity index (χ1n) is 5.95. The number of rotatable bonds is 4. The molecule has 3 atom stereocenters. The van der Waals surface area contributed by atoms with Crippen molar-refractivity contribution in [3.05, 3.63) is 0 Å². The molecule has 0 radical (unpaired) electrons. The lowest BCUT2D eigenvalue weighted by atomic mass is 9.70. The molecule has 1 saturated carbocycles. The van der Waals surface area contributed by atoms with Crippen molar-refractivity contribution >= 4 is 0 Å². The summed E-state index contributed by atoms with van der Waals surface area (Å²) < 4.78 is 0. The van der Waals surface area contributed by atoms with Gasteiger partial charge in [-0.15, -0.1) is 0 Å². The molecule has 1 aliphatic carbocycles. The molecular weight excluding hydrogens is 190 g/mol. The molecule has 0 bridgehead atoms. The first-order valence-corrected chi connectivity index (χ1v) is 5.95. The Kier molecular flexibility index (Phi) is 4.56. The van der Waals surface area contributed by atoms with Crippen LogP contribution < -0.4 is 5.32 Å². The fraction of sp³-hybridized carbons (Fsp3) is 1.00. The lowest BCUT2D eigenvalue weighted by Gasteiger charge is -2.39. The van der Waals surface area contributed by atoms with Gasteiger partial charge in [0.25, 0.3) is 0 Å². The van der Waals surface area contributed by atoms with Gasteiger partial charge < -0.3 is 15.5 Å². The molecule has 0 amide bonds. The fourth-order valence-electron chi connectivity index (χ4n) is 2.87. The minimum Gasteiger partial charge on any atom is -0.394 e. The van der Waals surface area contributed by atoms with E-state index in [2.05, 4.69) is 26.1 Å². The van der Waals surface area contributed by atoms with E-state index >= 15 is 0 Å². The molecular formula is C12H25NO2. The Morgan fingerprint density at radius 1 is 1.40 bits per heavy atom. The number of nitrogens with one attached hydrogen (secondary N) is 1. The largest absolute Gasteiger partial charge is 0.394 e. The van der Waals surface area contributed by atoms with E-state index in [1.165, 1.54) is 12.8 Å². The van der Waals surface area contributed by atoms with Gasteiger partial charge in [0.05, 0.1) is 12.7 Å². The minimum absolute atomic E-state index is 0.154. The highest BCUT2D eigenvalue weighted by atomic mass is 16.3. The fourth-order valence-corrected chi connectivity index (χ4v) is 2.87. The van der Waals surface area contributed by atoms with Crippen LogP contribution in [0.2, 0.25) is 0 Å². The van der Waals surface area contributed by atoms with E-state index in [1.807, 2.05) is 0 Å². The van der Waals surface area contributed by atoms with Gasteiger partial charge in [-0.1, -0.05) is 20.8 Å². The molecule has 1 fully saturated rings. The molecule has 90 valence electrons. The van der Waals surface area contributed by atoms with Gasteiger partial charge >= 0.3 is 0 Å². The molecule has 0 spiro atoms. The standard InChI is InChI=1S/C12H25NO2/c1-9-4-10(6-12(2,3)5-9)13-7-11(15)8-14/h9-11,13-15H,4-8H2,1-3H3/t9-,10+,11+/m1/s1. The molecule has 0 aromatic carbocycles. The molecule has 0 aromatic rings. The van der Waals surface area contributed by atoms with Crippen LogP contribution in [0.3, 0.4) is 0 Å². The van der Waals surface area contributed by atoms with E-state index in [-0.39, 0.29) is 6.61 Å². The third-order valence-electron chi connectivity index (χ3n) is 3.24. The van der Waals surface area contributed by atoms with Crippen LogP contribution in [0.4, 0.5) is 0 Å². The first-order chi connectivity index (χ1) is 6.93. The van der Waals surface area contributed by atoms with Crippen molar-refractivity contribution in [2.45, 2.75) is 52.2 Å². The third kappa shape index (κ3) is 4.49. The Balaban J connectivity index is 2.35. The van der Waals surface area contributed by atoms with Crippen molar-refractivity contribution < 1.29 is 10.2 Å². The monoisotopic (exact) mass is 215 g/mol. The summed E-state index contributed by atoms with van der Waals surface area (Å²) in [5, 5.41) is 21.3. The lowest BCUT2D eigenvalue weighted by Crippen LogP contribution is -2.43. The van der Waals surface area contributed by atoms with Crippen molar-refractivity contribution in [1.82, 2.24) is 5.32 Å². The van der Waals surface area contributed by atoms with Crippen molar-refractivity contribution in [1.29, 1.82) is 0 Å². The summed E-state index contributed by atoms with van der Waals surface area (Å²) in [6.07, 6.45) is 3.01. The van der Waals surface area contributed by atoms with Crippen molar-refractivity contribution in [2.24, 2.45) is 11.3 Å². The molecule has 15 heavy (non-hydrogen) atoms. The smallest absolute Gasteiger partial charge is 0.0895 e. The van der Waals surface area contributed by atoms with E-state index in [0.717, 1.165) is 12.3 Å². The Morgan fingerprint density at radius 2 is 2.07 bits per heavy atom. The molecule has 3 N–H and O–H groups in total. The Morgan fingerprint density at radius 3 is 2.60 bits per heavy atom. The molecule has 1 aliphatic rings. The zero-order valence-electron chi connectivity index (χ0n) is 10.2. The van der Waals surface area contributed by atoms with Gasteiger partial charge in [0.2, 0.25) is 0 Å². The van der Waals surface area contributed by atoms with Crippen LogP contribution in [-0.4, -0.2) is 35.5 Å². The average Bonchev–Trinajstić information content (AvgIpc) is 2.11. The Labute approximate surface area is 92.9 Å².